The van der Waals surface area contributed by atoms with Crippen molar-refractivity contribution in [3.63, 3.8) is 0 Å². The van der Waals surface area contributed by atoms with Crippen molar-refractivity contribution in [1.82, 2.24) is 34.1 Å². The fourth-order valence-electron chi connectivity index (χ4n) is 3.66. The first-order chi connectivity index (χ1) is 15.1. The Morgan fingerprint density at radius 1 is 0.968 bits per heavy atom. The maximum absolute atomic E-state index is 4.67. The van der Waals surface area contributed by atoms with Crippen LogP contribution in [-0.2, 0) is 6.54 Å². The lowest BCUT2D eigenvalue weighted by Gasteiger charge is -2.32. The second-order valence-electron chi connectivity index (χ2n) is 7.73. The molecular weight excluding hydrogens is 456 g/mol. The van der Waals surface area contributed by atoms with E-state index < -0.39 is 0 Å². The maximum atomic E-state index is 4.67. The van der Waals surface area contributed by atoms with E-state index in [1.54, 1.807) is 6.20 Å². The summed E-state index contributed by atoms with van der Waals surface area (Å²) in [7, 11) is 2.17. The molecule has 31 heavy (non-hydrogen) atoms. The van der Waals surface area contributed by atoms with Gasteiger partial charge in [0.05, 0.1) is 35.2 Å². The molecule has 8 nitrogen and oxygen atoms in total. The Bertz CT molecular complexity index is 1180. The van der Waals surface area contributed by atoms with Gasteiger partial charge in [0.15, 0.2) is 0 Å². The normalized spacial score (nSPS) is 15.4. The van der Waals surface area contributed by atoms with E-state index in [1.807, 2.05) is 47.3 Å². The highest BCUT2D eigenvalue weighted by Gasteiger charge is 2.14. The molecule has 5 rings (SSSR count). The molecule has 0 amide bonds. The van der Waals surface area contributed by atoms with Gasteiger partial charge >= 0.3 is 0 Å². The monoisotopic (exact) mass is 478 g/mol. The third-order valence-electron chi connectivity index (χ3n) is 5.45. The summed E-state index contributed by atoms with van der Waals surface area (Å²) in [6.07, 6.45) is 7.39. The average molecular weight is 479 g/mol. The van der Waals surface area contributed by atoms with Crippen LogP contribution in [0.3, 0.4) is 0 Å². The lowest BCUT2D eigenvalue weighted by atomic mass is 10.2. The zero-order chi connectivity index (χ0) is 21.2. The fraction of sp³-hybridized carbons (Fsp3) is 0.273. The van der Waals surface area contributed by atoms with Gasteiger partial charge < -0.3 is 10.2 Å². The number of fused-ring (bicyclic) bond motifs is 1. The minimum absolute atomic E-state index is 0.524. The van der Waals surface area contributed by atoms with Crippen LogP contribution in [0.15, 0.2) is 59.6 Å². The van der Waals surface area contributed by atoms with Gasteiger partial charge in [0, 0.05) is 49.6 Å². The van der Waals surface area contributed by atoms with E-state index in [1.165, 1.54) is 0 Å². The van der Waals surface area contributed by atoms with Gasteiger partial charge in [-0.3, -0.25) is 14.3 Å². The fourth-order valence-corrected chi connectivity index (χ4v) is 4.00. The number of likely N-dealkylation sites (N-methyl/N-ethyl adjacent to an activating group) is 1. The van der Waals surface area contributed by atoms with Gasteiger partial charge in [-0.2, -0.15) is 0 Å². The first-order valence-corrected chi connectivity index (χ1v) is 11.0. The number of rotatable bonds is 5. The van der Waals surface area contributed by atoms with Crippen molar-refractivity contribution in [2.24, 2.45) is 0 Å². The van der Waals surface area contributed by atoms with Crippen molar-refractivity contribution < 1.29 is 0 Å². The molecule has 158 valence electrons. The molecule has 0 radical (unpaired) electrons. The van der Waals surface area contributed by atoms with E-state index >= 15 is 0 Å². The molecule has 0 bridgehead atoms. The van der Waals surface area contributed by atoms with Crippen LogP contribution in [0.1, 0.15) is 5.69 Å². The highest BCUT2D eigenvalue weighted by molar-refractivity contribution is 9.10. The van der Waals surface area contributed by atoms with Gasteiger partial charge in [-0.05, 0) is 53.3 Å². The molecule has 0 aliphatic carbocycles. The van der Waals surface area contributed by atoms with E-state index in [0.29, 0.717) is 5.95 Å². The molecule has 5 heterocycles. The molecule has 1 saturated heterocycles. The molecule has 1 aliphatic heterocycles. The van der Waals surface area contributed by atoms with E-state index in [4.69, 9.17) is 0 Å². The van der Waals surface area contributed by atoms with Crippen molar-refractivity contribution in [1.29, 1.82) is 0 Å². The largest absolute Gasteiger partial charge is 0.323 e. The van der Waals surface area contributed by atoms with Crippen LogP contribution in [0.25, 0.3) is 17.0 Å². The first-order valence-electron chi connectivity index (χ1n) is 10.2. The van der Waals surface area contributed by atoms with E-state index in [9.17, 15) is 0 Å². The van der Waals surface area contributed by atoms with Crippen LogP contribution in [0, 0.1) is 0 Å². The summed E-state index contributed by atoms with van der Waals surface area (Å²) in [5.41, 5.74) is 4.50. The summed E-state index contributed by atoms with van der Waals surface area (Å²) in [5.74, 6) is 0.524. The third kappa shape index (κ3) is 4.58. The number of imidazole rings is 1. The first kappa shape index (κ1) is 20.0. The topological polar surface area (TPSA) is 74.5 Å². The molecule has 4 aromatic heterocycles. The Hall–Kier alpha value is -2.88. The van der Waals surface area contributed by atoms with Gasteiger partial charge in [-0.15, -0.1) is 0 Å². The van der Waals surface area contributed by atoms with E-state index in [0.717, 1.165) is 65.6 Å². The van der Waals surface area contributed by atoms with Crippen LogP contribution in [0.4, 0.5) is 11.6 Å². The van der Waals surface area contributed by atoms with Gasteiger partial charge in [-0.1, -0.05) is 0 Å². The Balaban J connectivity index is 1.30. The molecule has 0 atom stereocenters. The van der Waals surface area contributed by atoms with Crippen molar-refractivity contribution in [3.8, 4) is 11.4 Å². The SMILES string of the molecule is CN1CCN(Cc2ccc(Nc3nccc(-c4cnc5ccc(Br)cn45)n3)cn2)CC1. The number of nitrogens with one attached hydrogen (secondary N) is 1. The van der Waals surface area contributed by atoms with Crippen LogP contribution < -0.4 is 5.32 Å². The molecule has 0 spiro atoms. The number of hydrogen-bond acceptors (Lipinski definition) is 7. The van der Waals surface area contributed by atoms with Gasteiger partial charge in [0.1, 0.15) is 5.65 Å². The molecule has 1 N–H and O–H groups in total. The van der Waals surface area contributed by atoms with Crippen molar-refractivity contribution >= 4 is 33.2 Å². The number of nitrogens with zero attached hydrogens (tertiary/aromatic N) is 7. The number of anilines is 2. The number of hydrogen-bond donors (Lipinski definition) is 1. The molecule has 0 unspecified atom stereocenters. The second kappa shape index (κ2) is 8.70. The van der Waals surface area contributed by atoms with Crippen molar-refractivity contribution in [2.75, 3.05) is 38.5 Å². The summed E-state index contributed by atoms with van der Waals surface area (Å²) in [5, 5.41) is 3.26. The number of aromatic nitrogens is 5. The summed E-state index contributed by atoms with van der Waals surface area (Å²) >= 11 is 3.52. The van der Waals surface area contributed by atoms with Gasteiger partial charge in [0.2, 0.25) is 5.95 Å². The molecular formula is C22H23BrN8. The third-order valence-corrected chi connectivity index (χ3v) is 5.92. The summed E-state index contributed by atoms with van der Waals surface area (Å²) < 4.78 is 2.99. The van der Waals surface area contributed by atoms with E-state index in [-0.39, 0.29) is 0 Å². The van der Waals surface area contributed by atoms with E-state index in [2.05, 4.69) is 64.1 Å². The molecule has 9 heteroatoms. The summed E-state index contributed by atoms with van der Waals surface area (Å²) in [6, 6.07) is 9.90. The Labute approximate surface area is 189 Å². The zero-order valence-electron chi connectivity index (χ0n) is 17.2. The van der Waals surface area contributed by atoms with Crippen molar-refractivity contribution in [3.05, 3.63) is 65.3 Å². The second-order valence-corrected chi connectivity index (χ2v) is 8.64. The molecule has 1 fully saturated rings. The van der Waals surface area contributed by atoms with Crippen molar-refractivity contribution in [2.45, 2.75) is 6.54 Å². The Kier molecular flexibility index (Phi) is 5.63. The minimum Gasteiger partial charge on any atom is -0.323 e. The quantitative estimate of drug-likeness (QED) is 0.470. The van der Waals surface area contributed by atoms with Gasteiger partial charge in [0.25, 0.3) is 0 Å². The highest BCUT2D eigenvalue weighted by atomic mass is 79.9. The number of halogens is 1. The number of pyridine rings is 2. The Morgan fingerprint density at radius 3 is 2.65 bits per heavy atom. The molecule has 1 aliphatic rings. The van der Waals surface area contributed by atoms with Crippen LogP contribution >= 0.6 is 15.9 Å². The zero-order valence-corrected chi connectivity index (χ0v) is 18.8. The average Bonchev–Trinajstić information content (AvgIpc) is 3.20. The lowest BCUT2D eigenvalue weighted by Crippen LogP contribution is -2.43. The van der Waals surface area contributed by atoms with Gasteiger partial charge in [-0.25, -0.2) is 15.0 Å². The smallest absolute Gasteiger partial charge is 0.227 e. The van der Waals surface area contributed by atoms with Crippen LogP contribution in [0.5, 0.6) is 0 Å². The minimum atomic E-state index is 0.524. The lowest BCUT2D eigenvalue weighted by molar-refractivity contribution is 0.147. The van der Waals surface area contributed by atoms with Crippen LogP contribution in [-0.4, -0.2) is 67.4 Å². The Morgan fingerprint density at radius 2 is 1.84 bits per heavy atom. The maximum Gasteiger partial charge on any atom is 0.227 e. The summed E-state index contributed by atoms with van der Waals surface area (Å²) in [4.78, 5) is 22.9. The number of piperazine rings is 1. The highest BCUT2D eigenvalue weighted by Crippen LogP contribution is 2.22. The predicted octanol–water partition coefficient (Wildman–Crippen LogP) is 3.44. The molecule has 4 aromatic rings. The predicted molar refractivity (Wildman–Crippen MR) is 124 cm³/mol. The summed E-state index contributed by atoms with van der Waals surface area (Å²) in [6.45, 7) is 5.26. The standard InChI is InChI=1S/C22H23BrN8/c1-29-8-10-30(11-9-29)15-18-4-3-17(12-25-18)27-22-24-7-6-19(28-22)20-13-26-21-5-2-16(23)14-31(20)21/h2-7,12-14H,8-11,15H2,1H3,(H,24,27,28). The molecule has 0 saturated carbocycles. The molecule has 0 aromatic carbocycles. The van der Waals surface area contributed by atoms with Crippen LogP contribution in [0.2, 0.25) is 0 Å².